The van der Waals surface area contributed by atoms with Gasteiger partial charge in [-0.2, -0.15) is 8.78 Å². The summed E-state index contributed by atoms with van der Waals surface area (Å²) in [5, 5.41) is 9.44. The van der Waals surface area contributed by atoms with Gasteiger partial charge in [0.2, 0.25) is 5.95 Å². The van der Waals surface area contributed by atoms with Crippen molar-refractivity contribution >= 4 is 17.7 Å². The van der Waals surface area contributed by atoms with Crippen LogP contribution < -0.4 is 4.90 Å². The second kappa shape index (κ2) is 8.08. The van der Waals surface area contributed by atoms with Crippen LogP contribution in [0.5, 0.6) is 0 Å². The van der Waals surface area contributed by atoms with E-state index in [1.165, 1.54) is 30.6 Å². The highest BCUT2D eigenvalue weighted by atomic mass is 32.2. The number of rotatable bonds is 6. The first-order valence-electron chi connectivity index (χ1n) is 8.92. The Morgan fingerprint density at radius 3 is 2.56 bits per heavy atom. The maximum atomic E-state index is 13.1. The summed E-state index contributed by atoms with van der Waals surface area (Å²) in [6.07, 6.45) is 6.19. The van der Waals surface area contributed by atoms with Crippen molar-refractivity contribution in [1.82, 2.24) is 24.3 Å². The van der Waals surface area contributed by atoms with Gasteiger partial charge in [-0.1, -0.05) is 30.0 Å². The molecule has 9 heteroatoms. The number of benzene rings is 1. The molecular weight excluding hydrogens is 370 g/mol. The number of para-hydroxylation sites is 1. The third-order valence-corrected chi connectivity index (χ3v) is 5.48. The van der Waals surface area contributed by atoms with Crippen molar-refractivity contribution in [3.05, 3.63) is 48.5 Å². The van der Waals surface area contributed by atoms with E-state index in [-0.39, 0.29) is 0 Å². The number of halogens is 2. The second-order valence-electron chi connectivity index (χ2n) is 6.32. The number of piperidine rings is 1. The number of hydrogen-bond acceptors (Lipinski definition) is 5. The topological polar surface area (TPSA) is 51.8 Å². The Kier molecular flexibility index (Phi) is 5.38. The standard InChI is InChI=1S/C18H20F2N6S/c19-16(20)25-12-9-21-15(25)13-27-18-23-22-17(24-10-5-2-6-11-24)26(18)14-7-3-1-4-8-14/h1,3-4,7-9,12,16H,2,5-6,10-11,13H2. The van der Waals surface area contributed by atoms with Gasteiger partial charge < -0.3 is 4.90 Å². The number of alkyl halides is 2. The molecule has 3 aromatic rings. The molecule has 2 aromatic heterocycles. The Bertz CT molecular complexity index is 873. The van der Waals surface area contributed by atoms with E-state index in [1.54, 1.807) is 0 Å². The molecule has 1 aromatic carbocycles. The summed E-state index contributed by atoms with van der Waals surface area (Å²) < 4.78 is 29.0. The van der Waals surface area contributed by atoms with E-state index in [0.717, 1.165) is 42.1 Å². The lowest BCUT2D eigenvalue weighted by Crippen LogP contribution is -2.31. The first-order chi connectivity index (χ1) is 13.2. The highest BCUT2D eigenvalue weighted by Gasteiger charge is 2.22. The van der Waals surface area contributed by atoms with Gasteiger partial charge in [-0.05, 0) is 31.4 Å². The lowest BCUT2D eigenvalue weighted by atomic mass is 10.1. The quantitative estimate of drug-likeness (QED) is 0.592. The van der Waals surface area contributed by atoms with Crippen molar-refractivity contribution in [1.29, 1.82) is 0 Å². The summed E-state index contributed by atoms with van der Waals surface area (Å²) in [5.74, 6) is 1.42. The minimum Gasteiger partial charge on any atom is -0.341 e. The highest BCUT2D eigenvalue weighted by Crippen LogP contribution is 2.30. The lowest BCUT2D eigenvalue weighted by Gasteiger charge is -2.27. The molecule has 0 atom stereocenters. The van der Waals surface area contributed by atoms with E-state index in [1.807, 2.05) is 34.9 Å². The predicted molar refractivity (Wildman–Crippen MR) is 100 cm³/mol. The molecule has 1 fully saturated rings. The molecule has 27 heavy (non-hydrogen) atoms. The fourth-order valence-electron chi connectivity index (χ4n) is 3.22. The van der Waals surface area contributed by atoms with Gasteiger partial charge in [-0.15, -0.1) is 10.2 Å². The Balaban J connectivity index is 1.64. The summed E-state index contributed by atoms with van der Waals surface area (Å²) in [6, 6.07) is 9.89. The van der Waals surface area contributed by atoms with Crippen molar-refractivity contribution in [2.45, 2.75) is 36.7 Å². The Morgan fingerprint density at radius 2 is 1.81 bits per heavy atom. The summed E-state index contributed by atoms with van der Waals surface area (Å²) >= 11 is 1.36. The van der Waals surface area contributed by atoms with Crippen molar-refractivity contribution in [3.8, 4) is 5.69 Å². The van der Waals surface area contributed by atoms with Crippen LogP contribution in [-0.4, -0.2) is 37.4 Å². The molecule has 1 aliphatic heterocycles. The number of aromatic nitrogens is 5. The van der Waals surface area contributed by atoms with E-state index in [9.17, 15) is 8.78 Å². The minimum absolute atomic E-state index is 0.294. The van der Waals surface area contributed by atoms with Crippen LogP contribution in [0.1, 0.15) is 31.6 Å². The number of imidazole rings is 1. The predicted octanol–water partition coefficient (Wildman–Crippen LogP) is 4.14. The van der Waals surface area contributed by atoms with Gasteiger partial charge in [-0.3, -0.25) is 9.13 Å². The normalized spacial score (nSPS) is 14.9. The van der Waals surface area contributed by atoms with E-state index in [2.05, 4.69) is 20.1 Å². The third kappa shape index (κ3) is 3.83. The summed E-state index contributed by atoms with van der Waals surface area (Å²) in [4.78, 5) is 6.29. The molecule has 0 spiro atoms. The summed E-state index contributed by atoms with van der Waals surface area (Å²) in [7, 11) is 0. The van der Waals surface area contributed by atoms with Gasteiger partial charge in [0.05, 0.1) is 11.4 Å². The monoisotopic (exact) mass is 390 g/mol. The molecule has 142 valence electrons. The van der Waals surface area contributed by atoms with Crippen LogP contribution in [-0.2, 0) is 5.75 Å². The number of hydrogen-bond donors (Lipinski definition) is 0. The van der Waals surface area contributed by atoms with E-state index < -0.39 is 6.55 Å². The average molecular weight is 390 g/mol. The molecule has 6 nitrogen and oxygen atoms in total. The number of thioether (sulfide) groups is 1. The van der Waals surface area contributed by atoms with Crippen LogP contribution in [0.15, 0.2) is 47.9 Å². The van der Waals surface area contributed by atoms with Gasteiger partial charge >= 0.3 is 6.55 Å². The van der Waals surface area contributed by atoms with Crippen LogP contribution in [0.4, 0.5) is 14.7 Å². The fraction of sp³-hybridized carbons (Fsp3) is 0.389. The van der Waals surface area contributed by atoms with Crippen molar-refractivity contribution in [2.75, 3.05) is 18.0 Å². The molecule has 0 bridgehead atoms. The molecule has 1 saturated heterocycles. The maximum absolute atomic E-state index is 13.1. The van der Waals surface area contributed by atoms with E-state index >= 15 is 0 Å². The van der Waals surface area contributed by atoms with Crippen LogP contribution in [0.25, 0.3) is 5.69 Å². The van der Waals surface area contributed by atoms with Crippen molar-refractivity contribution < 1.29 is 8.78 Å². The number of anilines is 1. The molecule has 0 N–H and O–H groups in total. The van der Waals surface area contributed by atoms with E-state index in [4.69, 9.17) is 0 Å². The van der Waals surface area contributed by atoms with Crippen LogP contribution in [0, 0.1) is 0 Å². The van der Waals surface area contributed by atoms with Gasteiger partial charge in [0.15, 0.2) is 5.16 Å². The second-order valence-corrected chi connectivity index (χ2v) is 7.26. The Morgan fingerprint density at radius 1 is 1.04 bits per heavy atom. The van der Waals surface area contributed by atoms with Gasteiger partial charge in [-0.25, -0.2) is 4.98 Å². The first-order valence-corrected chi connectivity index (χ1v) is 9.91. The van der Waals surface area contributed by atoms with Gasteiger partial charge in [0.1, 0.15) is 5.82 Å². The fourth-order valence-corrected chi connectivity index (χ4v) is 4.12. The van der Waals surface area contributed by atoms with Gasteiger partial charge in [0.25, 0.3) is 0 Å². The highest BCUT2D eigenvalue weighted by molar-refractivity contribution is 7.98. The molecule has 0 amide bonds. The zero-order chi connectivity index (χ0) is 18.6. The van der Waals surface area contributed by atoms with Crippen LogP contribution in [0.3, 0.4) is 0 Å². The molecule has 0 unspecified atom stereocenters. The Labute approximate surface area is 160 Å². The zero-order valence-electron chi connectivity index (χ0n) is 14.7. The van der Waals surface area contributed by atoms with E-state index in [0.29, 0.717) is 16.7 Å². The first kappa shape index (κ1) is 18.0. The van der Waals surface area contributed by atoms with Crippen molar-refractivity contribution in [3.63, 3.8) is 0 Å². The average Bonchev–Trinajstić information content (AvgIpc) is 3.34. The largest absolute Gasteiger partial charge is 0.341 e. The number of nitrogens with zero attached hydrogens (tertiary/aromatic N) is 6. The smallest absolute Gasteiger partial charge is 0.319 e. The molecular formula is C18H20F2N6S. The Hall–Kier alpha value is -2.42. The minimum atomic E-state index is -2.60. The summed E-state index contributed by atoms with van der Waals surface area (Å²) in [6.45, 7) is -0.698. The SMILES string of the molecule is FC(F)n1ccnc1CSc1nnc(N2CCCCC2)n1-c1ccccc1. The molecule has 3 heterocycles. The van der Waals surface area contributed by atoms with Crippen molar-refractivity contribution in [2.24, 2.45) is 0 Å². The molecule has 4 rings (SSSR count). The molecule has 0 saturated carbocycles. The zero-order valence-corrected chi connectivity index (χ0v) is 15.5. The van der Waals surface area contributed by atoms with Gasteiger partial charge in [0, 0.05) is 25.5 Å². The lowest BCUT2D eigenvalue weighted by molar-refractivity contribution is 0.0678. The molecule has 0 aliphatic carbocycles. The third-order valence-electron chi connectivity index (χ3n) is 4.56. The molecule has 0 radical (unpaired) electrons. The molecule has 1 aliphatic rings. The summed E-state index contributed by atoms with van der Waals surface area (Å²) in [5.41, 5.74) is 0.961. The van der Waals surface area contributed by atoms with Crippen LogP contribution >= 0.6 is 11.8 Å². The maximum Gasteiger partial charge on any atom is 0.319 e. The van der Waals surface area contributed by atoms with Crippen LogP contribution in [0.2, 0.25) is 0 Å².